The van der Waals surface area contributed by atoms with E-state index in [1.54, 1.807) is 6.07 Å². The third-order valence-electron chi connectivity index (χ3n) is 3.06. The number of aryl methyl sites for hydroxylation is 1. The number of anilines is 1. The van der Waals surface area contributed by atoms with Crippen molar-refractivity contribution in [2.45, 2.75) is 19.8 Å². The van der Waals surface area contributed by atoms with Gasteiger partial charge < -0.3 is 15.2 Å². The zero-order chi connectivity index (χ0) is 11.4. The lowest BCUT2D eigenvalue weighted by Gasteiger charge is -2.22. The zero-order valence-electron chi connectivity index (χ0n) is 9.70. The minimum absolute atomic E-state index is 0.352. The fourth-order valence-electron chi connectivity index (χ4n) is 1.95. The quantitative estimate of drug-likeness (QED) is 0.824. The summed E-state index contributed by atoms with van der Waals surface area (Å²) in [7, 11) is 0. The number of phenols is 1. The Morgan fingerprint density at radius 3 is 3.06 bits per heavy atom. The van der Waals surface area contributed by atoms with Gasteiger partial charge in [0.15, 0.2) is 0 Å². The summed E-state index contributed by atoms with van der Waals surface area (Å²) in [5.41, 5.74) is 1.89. The Bertz CT molecular complexity index is 346. The average Bonchev–Trinajstić information content (AvgIpc) is 2.32. The highest BCUT2D eigenvalue weighted by atomic mass is 16.5. The van der Waals surface area contributed by atoms with Gasteiger partial charge in [-0.2, -0.15) is 0 Å². The number of ether oxygens (including phenoxy) is 1. The molecule has 3 heteroatoms. The molecule has 1 unspecified atom stereocenters. The number of benzene rings is 1. The fraction of sp³-hybridized carbons (Fsp3) is 0.538. The van der Waals surface area contributed by atoms with Gasteiger partial charge in [-0.3, -0.25) is 0 Å². The van der Waals surface area contributed by atoms with E-state index in [1.165, 1.54) is 6.42 Å². The summed E-state index contributed by atoms with van der Waals surface area (Å²) in [5.74, 6) is 0.946. The van der Waals surface area contributed by atoms with Gasteiger partial charge in [0.1, 0.15) is 5.75 Å². The van der Waals surface area contributed by atoms with Crippen LogP contribution in [0.25, 0.3) is 0 Å². The molecule has 0 bridgehead atoms. The minimum Gasteiger partial charge on any atom is -0.508 e. The number of phenolic OH excluding ortho intramolecular Hbond substituents is 1. The van der Waals surface area contributed by atoms with Crippen LogP contribution >= 0.6 is 0 Å². The van der Waals surface area contributed by atoms with Gasteiger partial charge in [0.25, 0.3) is 0 Å². The zero-order valence-corrected chi connectivity index (χ0v) is 9.70. The lowest BCUT2D eigenvalue weighted by molar-refractivity contribution is 0.0595. The van der Waals surface area contributed by atoms with E-state index >= 15 is 0 Å². The van der Waals surface area contributed by atoms with Gasteiger partial charge in [-0.25, -0.2) is 0 Å². The van der Waals surface area contributed by atoms with Crippen molar-refractivity contribution in [3.63, 3.8) is 0 Å². The molecule has 1 aromatic carbocycles. The molecule has 0 aliphatic carbocycles. The first kappa shape index (κ1) is 11.3. The summed E-state index contributed by atoms with van der Waals surface area (Å²) in [6, 6.07) is 5.70. The molecule has 1 aliphatic rings. The average molecular weight is 221 g/mol. The predicted octanol–water partition coefficient (Wildman–Crippen LogP) is 2.54. The predicted molar refractivity (Wildman–Crippen MR) is 64.9 cm³/mol. The Morgan fingerprint density at radius 1 is 1.50 bits per heavy atom. The number of aromatic hydroxyl groups is 1. The van der Waals surface area contributed by atoms with Gasteiger partial charge in [0, 0.05) is 24.9 Å². The highest BCUT2D eigenvalue weighted by Gasteiger charge is 2.13. The number of hydrogen-bond acceptors (Lipinski definition) is 3. The van der Waals surface area contributed by atoms with Gasteiger partial charge in [0.05, 0.1) is 6.61 Å². The van der Waals surface area contributed by atoms with Crippen LogP contribution in [-0.2, 0) is 4.74 Å². The third kappa shape index (κ3) is 2.89. The molecule has 0 amide bonds. The first-order valence-electron chi connectivity index (χ1n) is 5.87. The third-order valence-corrected chi connectivity index (χ3v) is 3.06. The van der Waals surface area contributed by atoms with E-state index in [-0.39, 0.29) is 0 Å². The summed E-state index contributed by atoms with van der Waals surface area (Å²) in [6.45, 7) is 4.57. The first-order chi connectivity index (χ1) is 7.75. The molecule has 0 spiro atoms. The van der Waals surface area contributed by atoms with E-state index in [4.69, 9.17) is 4.74 Å². The highest BCUT2D eigenvalue weighted by Crippen LogP contribution is 2.21. The van der Waals surface area contributed by atoms with E-state index in [0.717, 1.165) is 37.4 Å². The summed E-state index contributed by atoms with van der Waals surface area (Å²) >= 11 is 0. The van der Waals surface area contributed by atoms with Crippen molar-refractivity contribution >= 4 is 5.69 Å². The van der Waals surface area contributed by atoms with Crippen molar-refractivity contribution in [2.75, 3.05) is 25.1 Å². The van der Waals surface area contributed by atoms with E-state index in [2.05, 4.69) is 5.32 Å². The standard InChI is InChI=1S/C13H19NO2/c1-10-4-5-12(7-13(10)15)14-8-11-3-2-6-16-9-11/h4-5,7,11,14-15H,2-3,6,8-9H2,1H3. The SMILES string of the molecule is Cc1ccc(NCC2CCCOC2)cc1O. The fourth-order valence-corrected chi connectivity index (χ4v) is 1.95. The minimum atomic E-state index is 0.352. The summed E-state index contributed by atoms with van der Waals surface area (Å²) in [6.07, 6.45) is 2.39. The molecule has 16 heavy (non-hydrogen) atoms. The molecule has 0 radical (unpaired) electrons. The number of nitrogens with one attached hydrogen (secondary N) is 1. The molecule has 2 rings (SSSR count). The van der Waals surface area contributed by atoms with Gasteiger partial charge in [-0.1, -0.05) is 6.07 Å². The lowest BCUT2D eigenvalue weighted by atomic mass is 10.0. The van der Waals surface area contributed by atoms with Crippen molar-refractivity contribution in [3.05, 3.63) is 23.8 Å². The molecular formula is C13H19NO2. The lowest BCUT2D eigenvalue weighted by Crippen LogP contribution is -2.24. The molecule has 1 fully saturated rings. The molecule has 1 heterocycles. The maximum Gasteiger partial charge on any atom is 0.120 e. The van der Waals surface area contributed by atoms with Crippen LogP contribution in [0, 0.1) is 12.8 Å². The van der Waals surface area contributed by atoms with Gasteiger partial charge in [0.2, 0.25) is 0 Å². The van der Waals surface area contributed by atoms with Gasteiger partial charge in [-0.05, 0) is 37.3 Å². The van der Waals surface area contributed by atoms with Crippen LogP contribution in [0.1, 0.15) is 18.4 Å². The van der Waals surface area contributed by atoms with Crippen LogP contribution in [0.15, 0.2) is 18.2 Å². The van der Waals surface area contributed by atoms with Crippen molar-refractivity contribution in [2.24, 2.45) is 5.92 Å². The van der Waals surface area contributed by atoms with Crippen LogP contribution in [0.4, 0.5) is 5.69 Å². The summed E-state index contributed by atoms with van der Waals surface area (Å²) in [5, 5.41) is 12.9. The Balaban J connectivity index is 1.86. The van der Waals surface area contributed by atoms with E-state index in [9.17, 15) is 5.11 Å². The normalized spacial score (nSPS) is 20.7. The summed E-state index contributed by atoms with van der Waals surface area (Å²) < 4.78 is 5.42. The Kier molecular flexibility index (Phi) is 3.67. The number of rotatable bonds is 3. The maximum atomic E-state index is 9.57. The van der Waals surface area contributed by atoms with Crippen molar-refractivity contribution in [1.29, 1.82) is 0 Å². The first-order valence-corrected chi connectivity index (χ1v) is 5.87. The molecule has 1 aliphatic heterocycles. The second-order valence-electron chi connectivity index (χ2n) is 4.47. The molecule has 3 nitrogen and oxygen atoms in total. The molecule has 1 atom stereocenters. The van der Waals surface area contributed by atoms with E-state index < -0.39 is 0 Å². The van der Waals surface area contributed by atoms with Crippen molar-refractivity contribution in [3.8, 4) is 5.75 Å². The molecular weight excluding hydrogens is 202 g/mol. The van der Waals surface area contributed by atoms with Gasteiger partial charge in [-0.15, -0.1) is 0 Å². The topological polar surface area (TPSA) is 41.5 Å². The van der Waals surface area contributed by atoms with Crippen molar-refractivity contribution in [1.82, 2.24) is 0 Å². The molecule has 1 saturated heterocycles. The molecule has 88 valence electrons. The van der Waals surface area contributed by atoms with Crippen LogP contribution in [0.2, 0.25) is 0 Å². The monoisotopic (exact) mass is 221 g/mol. The molecule has 2 N–H and O–H groups in total. The smallest absolute Gasteiger partial charge is 0.120 e. The Morgan fingerprint density at radius 2 is 2.38 bits per heavy atom. The van der Waals surface area contributed by atoms with Crippen LogP contribution in [0.3, 0.4) is 0 Å². The molecule has 1 aromatic rings. The van der Waals surface area contributed by atoms with E-state index in [0.29, 0.717) is 11.7 Å². The van der Waals surface area contributed by atoms with Crippen LogP contribution in [-0.4, -0.2) is 24.9 Å². The molecule has 0 saturated carbocycles. The Labute approximate surface area is 96.4 Å². The van der Waals surface area contributed by atoms with Gasteiger partial charge >= 0.3 is 0 Å². The second-order valence-corrected chi connectivity index (χ2v) is 4.47. The number of hydrogen-bond donors (Lipinski definition) is 2. The molecule has 0 aromatic heterocycles. The maximum absolute atomic E-state index is 9.57. The van der Waals surface area contributed by atoms with Crippen molar-refractivity contribution < 1.29 is 9.84 Å². The van der Waals surface area contributed by atoms with Crippen LogP contribution < -0.4 is 5.32 Å². The van der Waals surface area contributed by atoms with Crippen LogP contribution in [0.5, 0.6) is 5.75 Å². The largest absolute Gasteiger partial charge is 0.508 e. The second kappa shape index (κ2) is 5.21. The summed E-state index contributed by atoms with van der Waals surface area (Å²) in [4.78, 5) is 0. The Hall–Kier alpha value is -1.22. The van der Waals surface area contributed by atoms with E-state index in [1.807, 2.05) is 19.1 Å². The highest BCUT2D eigenvalue weighted by molar-refractivity contribution is 5.50.